The topological polar surface area (TPSA) is 117 Å². The normalized spacial score (nSPS) is 30.8. The largest absolute Gasteiger partial charge is 0.455 e. The van der Waals surface area contributed by atoms with Crippen LogP contribution in [0.1, 0.15) is 78.0 Å². The molecule has 2 aromatic rings. The average Bonchev–Trinajstić information content (AvgIpc) is 3.76. The predicted octanol–water partition coefficient (Wildman–Crippen LogP) is 5.27. The second kappa shape index (κ2) is 14.9. The van der Waals surface area contributed by atoms with Crippen molar-refractivity contribution in [3.8, 4) is 0 Å². The molecule has 0 unspecified atom stereocenters. The van der Waals surface area contributed by atoms with Crippen LogP contribution in [-0.2, 0) is 35.1 Å². The summed E-state index contributed by atoms with van der Waals surface area (Å²) in [6, 6.07) is 16.4. The lowest BCUT2D eigenvalue weighted by Gasteiger charge is -2.46. The summed E-state index contributed by atoms with van der Waals surface area (Å²) >= 11 is 0. The lowest BCUT2D eigenvalue weighted by molar-refractivity contribution is -0.164. The molecule has 2 saturated heterocycles. The van der Waals surface area contributed by atoms with Crippen LogP contribution in [0.2, 0.25) is 0 Å². The summed E-state index contributed by atoms with van der Waals surface area (Å²) in [4.78, 5) is 63.5. The summed E-state index contributed by atoms with van der Waals surface area (Å²) in [5.41, 5.74) is -0.660. The van der Waals surface area contributed by atoms with Gasteiger partial charge in [-0.15, -0.1) is 0 Å². The highest BCUT2D eigenvalue weighted by atomic mass is 16.6. The SMILES string of the molecule is C[C@H]1[C@H](c2ccccc2)OC(=O)[C@@H]2[C@H]3C(=O)N([C@@H](CO)Cc4ccccc4)[C@H](C(=O)N(C(C)(C)CC(C)(C)C)C/C=C\CCC(=O)N1C)[C@]31C=C[C@H]2O1. The van der Waals surface area contributed by atoms with E-state index in [9.17, 15) is 14.7 Å². The van der Waals surface area contributed by atoms with Gasteiger partial charge in [-0.1, -0.05) is 106 Å². The second-order valence-electron chi connectivity index (χ2n) is 17.0. The van der Waals surface area contributed by atoms with E-state index in [0.29, 0.717) is 24.8 Å². The van der Waals surface area contributed by atoms with Crippen molar-refractivity contribution in [3.63, 3.8) is 0 Å². The predicted molar refractivity (Wildman–Crippen MR) is 201 cm³/mol. The van der Waals surface area contributed by atoms with Gasteiger partial charge in [-0.2, -0.15) is 0 Å². The van der Waals surface area contributed by atoms with Crippen LogP contribution in [0.4, 0.5) is 0 Å². The van der Waals surface area contributed by atoms with Crippen LogP contribution in [0, 0.1) is 17.3 Å². The minimum absolute atomic E-state index is 0.104. The molecule has 53 heavy (non-hydrogen) atoms. The molecule has 10 nitrogen and oxygen atoms in total. The van der Waals surface area contributed by atoms with Crippen LogP contribution < -0.4 is 0 Å². The van der Waals surface area contributed by atoms with Gasteiger partial charge < -0.3 is 29.3 Å². The Bertz CT molecular complexity index is 1730. The Morgan fingerprint density at radius 1 is 0.925 bits per heavy atom. The zero-order valence-electron chi connectivity index (χ0n) is 32.1. The quantitative estimate of drug-likeness (QED) is 0.306. The standard InChI is InChI=1S/C43H55N3O7/c1-28-36(30-19-13-9-14-20-30)52-40(51)34-32-22-23-43(53-32)35(34)38(49)46(31(26-47)25-29-17-11-8-12-18-29)37(43)39(50)45(42(5,6)27-41(2,3)4)24-16-10-15-21-33(48)44(28)7/h8-14,16-20,22-23,28,31-32,34-37,47H,15,21,24-27H2,1-7H3/b16-10-/t28-,31+,32+,34-,35-,36+,37+,43-/m0/s1. The first kappa shape index (κ1) is 38.4. The van der Waals surface area contributed by atoms with E-state index in [1.807, 2.05) is 98.5 Å². The highest BCUT2D eigenvalue weighted by molar-refractivity contribution is 5.99. The molecule has 1 spiro atoms. The molecule has 0 saturated carbocycles. The first-order chi connectivity index (χ1) is 25.1. The Morgan fingerprint density at radius 3 is 2.23 bits per heavy atom. The number of ether oxygens (including phenoxy) is 2. The summed E-state index contributed by atoms with van der Waals surface area (Å²) in [5.74, 6) is -3.58. The molecule has 2 aromatic carbocycles. The number of fused-ring (bicyclic) bond motifs is 2. The number of amides is 3. The number of carbonyl (C=O) groups excluding carboxylic acids is 4. The molecule has 2 fully saturated rings. The second-order valence-corrected chi connectivity index (χ2v) is 17.0. The minimum Gasteiger partial charge on any atom is -0.455 e. The van der Waals surface area contributed by atoms with Crippen molar-refractivity contribution in [2.24, 2.45) is 17.3 Å². The van der Waals surface area contributed by atoms with Gasteiger partial charge in [0.25, 0.3) is 0 Å². The number of aliphatic hydroxyl groups excluding tert-OH is 1. The van der Waals surface area contributed by atoms with E-state index >= 15 is 9.59 Å². The number of aliphatic hydroxyl groups is 1. The highest BCUT2D eigenvalue weighted by Crippen LogP contribution is 2.57. The number of rotatable bonds is 7. The molecule has 4 aliphatic heterocycles. The molecule has 284 valence electrons. The Balaban J connectivity index is 1.49. The Labute approximate surface area is 313 Å². The Morgan fingerprint density at radius 2 is 1.58 bits per heavy atom. The molecule has 0 aromatic heterocycles. The van der Waals surface area contributed by atoms with Gasteiger partial charge in [0.15, 0.2) is 0 Å². The maximum absolute atomic E-state index is 15.5. The van der Waals surface area contributed by atoms with Gasteiger partial charge in [-0.3, -0.25) is 19.2 Å². The van der Waals surface area contributed by atoms with Gasteiger partial charge in [0.2, 0.25) is 17.7 Å². The zero-order valence-corrected chi connectivity index (χ0v) is 32.1. The number of hydrogen-bond donors (Lipinski definition) is 1. The third kappa shape index (κ3) is 7.32. The third-order valence-corrected chi connectivity index (χ3v) is 11.5. The number of allylic oxidation sites excluding steroid dienone is 1. The van der Waals surface area contributed by atoms with E-state index in [-0.39, 0.29) is 30.2 Å². The zero-order chi connectivity index (χ0) is 38.3. The van der Waals surface area contributed by atoms with Gasteiger partial charge in [-0.25, -0.2) is 0 Å². The number of likely N-dealkylation sites (tertiary alicyclic amines) is 1. The maximum Gasteiger partial charge on any atom is 0.313 e. The number of benzene rings is 2. The van der Waals surface area contributed by atoms with Gasteiger partial charge in [0.1, 0.15) is 23.7 Å². The van der Waals surface area contributed by atoms with E-state index in [1.54, 1.807) is 24.1 Å². The van der Waals surface area contributed by atoms with Crippen molar-refractivity contribution < 1.29 is 33.8 Å². The average molecular weight is 726 g/mol. The minimum atomic E-state index is -1.46. The summed E-state index contributed by atoms with van der Waals surface area (Å²) in [7, 11) is 1.72. The maximum atomic E-state index is 15.5. The molecule has 6 rings (SSSR count). The number of carbonyl (C=O) groups is 4. The van der Waals surface area contributed by atoms with E-state index in [2.05, 4.69) is 20.8 Å². The van der Waals surface area contributed by atoms with Crippen LogP contribution >= 0.6 is 0 Å². The van der Waals surface area contributed by atoms with Gasteiger partial charge in [0, 0.05) is 25.6 Å². The molecule has 0 aliphatic carbocycles. The Hall–Kier alpha value is -4.28. The number of hydrogen-bond acceptors (Lipinski definition) is 7. The van der Waals surface area contributed by atoms with Gasteiger partial charge in [0.05, 0.1) is 30.7 Å². The van der Waals surface area contributed by atoms with Crippen molar-refractivity contribution >= 4 is 23.7 Å². The summed E-state index contributed by atoms with van der Waals surface area (Å²) in [5, 5.41) is 11.0. The van der Waals surface area contributed by atoms with Crippen molar-refractivity contribution in [2.75, 3.05) is 20.2 Å². The fraction of sp³-hybridized carbons (Fsp3) is 0.535. The van der Waals surface area contributed by atoms with Crippen LogP contribution in [0.25, 0.3) is 0 Å². The van der Waals surface area contributed by atoms with Crippen molar-refractivity contribution in [2.45, 2.75) is 109 Å². The van der Waals surface area contributed by atoms with E-state index in [0.717, 1.165) is 5.56 Å². The van der Waals surface area contributed by atoms with Crippen LogP contribution in [0.5, 0.6) is 0 Å². The number of cyclic esters (lactones) is 1. The molecular weight excluding hydrogens is 670 g/mol. The van der Waals surface area contributed by atoms with Crippen LogP contribution in [0.3, 0.4) is 0 Å². The fourth-order valence-electron chi connectivity index (χ4n) is 9.27. The molecule has 5 bridgehead atoms. The van der Waals surface area contributed by atoms with E-state index in [4.69, 9.17) is 9.47 Å². The molecule has 3 amide bonds. The van der Waals surface area contributed by atoms with Crippen molar-refractivity contribution in [1.29, 1.82) is 0 Å². The first-order valence-electron chi connectivity index (χ1n) is 18.9. The van der Waals surface area contributed by atoms with E-state index in [1.165, 1.54) is 4.90 Å². The number of nitrogens with zero attached hydrogens (tertiary/aromatic N) is 3. The van der Waals surface area contributed by atoms with Crippen LogP contribution in [-0.4, -0.2) is 99.1 Å². The molecule has 4 aliphatic rings. The van der Waals surface area contributed by atoms with Crippen molar-refractivity contribution in [3.05, 3.63) is 96.1 Å². The van der Waals surface area contributed by atoms with Gasteiger partial charge >= 0.3 is 5.97 Å². The van der Waals surface area contributed by atoms with E-state index < -0.39 is 71.8 Å². The third-order valence-electron chi connectivity index (χ3n) is 11.5. The monoisotopic (exact) mass is 725 g/mol. The van der Waals surface area contributed by atoms with Gasteiger partial charge in [-0.05, 0) is 56.6 Å². The lowest BCUT2D eigenvalue weighted by atomic mass is 9.74. The molecule has 10 heteroatoms. The molecule has 0 radical (unpaired) electrons. The smallest absolute Gasteiger partial charge is 0.313 e. The fourth-order valence-corrected chi connectivity index (χ4v) is 9.27. The summed E-state index contributed by atoms with van der Waals surface area (Å²) in [6.07, 6.45) is 7.45. The highest BCUT2D eigenvalue weighted by Gasteiger charge is 2.74. The molecular formula is C43H55N3O7. The van der Waals surface area contributed by atoms with Crippen LogP contribution in [0.15, 0.2) is 85.0 Å². The summed E-state index contributed by atoms with van der Waals surface area (Å²) in [6.45, 7) is 12.1. The lowest BCUT2D eigenvalue weighted by Crippen LogP contribution is -2.62. The number of likely N-dealkylation sites (N-methyl/N-ethyl adjacent to an activating group) is 1. The molecule has 4 heterocycles. The summed E-state index contributed by atoms with van der Waals surface area (Å²) < 4.78 is 13.1. The molecule has 1 N–H and O–H groups in total. The number of esters is 1. The van der Waals surface area contributed by atoms with Crippen molar-refractivity contribution in [1.82, 2.24) is 14.7 Å². The first-order valence-corrected chi connectivity index (χ1v) is 18.9. The Kier molecular flexibility index (Phi) is 10.8. The molecule has 8 atom stereocenters.